The van der Waals surface area contributed by atoms with Crippen LogP contribution in [0.1, 0.15) is 38.3 Å². The molecule has 2 unspecified atom stereocenters. The first-order valence-corrected chi connectivity index (χ1v) is 7.78. The van der Waals surface area contributed by atoms with Gasteiger partial charge < -0.3 is 10.6 Å². The minimum Gasteiger partial charge on any atom is -0.342 e. The van der Waals surface area contributed by atoms with Crippen molar-refractivity contribution in [3.63, 3.8) is 0 Å². The SMILES string of the molecule is CCC(N)C(c1cccnc1)N1CCCN(C(C)=O)CC1. The van der Waals surface area contributed by atoms with Gasteiger partial charge in [-0.3, -0.25) is 14.7 Å². The van der Waals surface area contributed by atoms with E-state index < -0.39 is 0 Å². The van der Waals surface area contributed by atoms with Crippen LogP contribution in [-0.2, 0) is 4.79 Å². The van der Waals surface area contributed by atoms with Crippen molar-refractivity contribution in [2.24, 2.45) is 5.73 Å². The fourth-order valence-corrected chi connectivity index (χ4v) is 3.03. The smallest absolute Gasteiger partial charge is 0.219 e. The average molecular weight is 290 g/mol. The Labute approximate surface area is 127 Å². The molecule has 21 heavy (non-hydrogen) atoms. The van der Waals surface area contributed by atoms with Gasteiger partial charge in [-0.05, 0) is 24.5 Å². The van der Waals surface area contributed by atoms with Gasteiger partial charge in [-0.2, -0.15) is 0 Å². The molecule has 5 nitrogen and oxygen atoms in total. The van der Waals surface area contributed by atoms with E-state index in [4.69, 9.17) is 5.73 Å². The summed E-state index contributed by atoms with van der Waals surface area (Å²) in [6.45, 7) is 7.22. The Morgan fingerprint density at radius 1 is 1.38 bits per heavy atom. The number of amides is 1. The number of rotatable bonds is 4. The zero-order valence-electron chi connectivity index (χ0n) is 13.0. The highest BCUT2D eigenvalue weighted by Crippen LogP contribution is 2.25. The van der Waals surface area contributed by atoms with Crippen LogP contribution in [0.5, 0.6) is 0 Å². The summed E-state index contributed by atoms with van der Waals surface area (Å²) < 4.78 is 0. The molecule has 116 valence electrons. The van der Waals surface area contributed by atoms with Crippen LogP contribution >= 0.6 is 0 Å². The van der Waals surface area contributed by atoms with Crippen LogP contribution in [0.2, 0.25) is 0 Å². The second-order valence-corrected chi connectivity index (χ2v) is 5.70. The maximum Gasteiger partial charge on any atom is 0.219 e. The predicted molar refractivity (Wildman–Crippen MR) is 83.7 cm³/mol. The number of carbonyl (C=O) groups excluding carboxylic acids is 1. The van der Waals surface area contributed by atoms with Crippen molar-refractivity contribution in [3.05, 3.63) is 30.1 Å². The molecule has 1 aliphatic rings. The summed E-state index contributed by atoms with van der Waals surface area (Å²) in [7, 11) is 0. The summed E-state index contributed by atoms with van der Waals surface area (Å²) in [6, 6.07) is 4.32. The third-order valence-electron chi connectivity index (χ3n) is 4.27. The van der Waals surface area contributed by atoms with Crippen molar-refractivity contribution in [2.45, 2.75) is 38.8 Å². The van der Waals surface area contributed by atoms with E-state index in [1.54, 1.807) is 13.1 Å². The molecule has 2 rings (SSSR count). The Balaban J connectivity index is 2.16. The Kier molecular flexibility index (Phi) is 5.70. The first-order chi connectivity index (χ1) is 10.1. The largest absolute Gasteiger partial charge is 0.342 e. The van der Waals surface area contributed by atoms with Crippen LogP contribution in [0.3, 0.4) is 0 Å². The van der Waals surface area contributed by atoms with Crippen LogP contribution in [0.15, 0.2) is 24.5 Å². The van der Waals surface area contributed by atoms with Crippen molar-refractivity contribution >= 4 is 5.91 Å². The molecule has 0 aliphatic carbocycles. The van der Waals surface area contributed by atoms with E-state index in [1.807, 2.05) is 17.2 Å². The molecule has 0 saturated carbocycles. The molecular formula is C16H26N4O. The van der Waals surface area contributed by atoms with Crippen LogP contribution in [0.25, 0.3) is 0 Å². The molecule has 1 aliphatic heterocycles. The van der Waals surface area contributed by atoms with Gasteiger partial charge in [-0.1, -0.05) is 13.0 Å². The quantitative estimate of drug-likeness (QED) is 0.911. The molecule has 1 aromatic rings. The molecule has 2 heterocycles. The lowest BCUT2D eigenvalue weighted by Gasteiger charge is -2.34. The van der Waals surface area contributed by atoms with Gasteiger partial charge in [0.1, 0.15) is 0 Å². The molecule has 1 aromatic heterocycles. The highest BCUT2D eigenvalue weighted by molar-refractivity contribution is 5.73. The second kappa shape index (κ2) is 7.52. The third-order valence-corrected chi connectivity index (χ3v) is 4.27. The molecule has 1 amide bonds. The maximum atomic E-state index is 11.6. The van der Waals surface area contributed by atoms with Crippen molar-refractivity contribution < 1.29 is 4.79 Å². The van der Waals surface area contributed by atoms with E-state index in [2.05, 4.69) is 22.9 Å². The van der Waals surface area contributed by atoms with Gasteiger partial charge >= 0.3 is 0 Å². The van der Waals surface area contributed by atoms with Gasteiger partial charge in [0.25, 0.3) is 0 Å². The monoisotopic (exact) mass is 290 g/mol. The Morgan fingerprint density at radius 3 is 2.81 bits per heavy atom. The topological polar surface area (TPSA) is 62.5 Å². The molecule has 0 bridgehead atoms. The summed E-state index contributed by atoms with van der Waals surface area (Å²) in [5.74, 6) is 0.162. The minimum absolute atomic E-state index is 0.0816. The molecule has 0 aromatic carbocycles. The fraction of sp³-hybridized carbons (Fsp3) is 0.625. The summed E-state index contributed by atoms with van der Waals surface area (Å²) in [5, 5.41) is 0. The lowest BCUT2D eigenvalue weighted by atomic mass is 9.97. The van der Waals surface area contributed by atoms with Crippen molar-refractivity contribution in [1.82, 2.24) is 14.8 Å². The average Bonchev–Trinajstić information content (AvgIpc) is 2.74. The Bertz CT molecular complexity index is 451. The van der Waals surface area contributed by atoms with E-state index in [0.29, 0.717) is 0 Å². The molecule has 1 saturated heterocycles. The number of carbonyl (C=O) groups is 1. The van der Waals surface area contributed by atoms with E-state index in [9.17, 15) is 4.79 Å². The molecule has 5 heteroatoms. The second-order valence-electron chi connectivity index (χ2n) is 5.70. The highest BCUT2D eigenvalue weighted by Gasteiger charge is 2.28. The molecule has 0 spiro atoms. The molecule has 1 fully saturated rings. The van der Waals surface area contributed by atoms with Crippen LogP contribution < -0.4 is 5.73 Å². The number of aromatic nitrogens is 1. The van der Waals surface area contributed by atoms with Gasteiger partial charge in [0.2, 0.25) is 5.91 Å². The summed E-state index contributed by atoms with van der Waals surface area (Å²) in [5.41, 5.74) is 7.55. The van der Waals surface area contributed by atoms with E-state index in [0.717, 1.165) is 39.0 Å². The standard InChI is InChI=1S/C16H26N4O/c1-3-15(17)16(14-6-4-7-18-12-14)20-9-5-8-19(10-11-20)13(2)21/h4,6-7,12,15-16H,3,5,8-11,17H2,1-2H3. The van der Waals surface area contributed by atoms with Crippen LogP contribution in [0, 0.1) is 0 Å². The van der Waals surface area contributed by atoms with E-state index in [1.165, 1.54) is 5.56 Å². The number of hydrogen-bond acceptors (Lipinski definition) is 4. The van der Waals surface area contributed by atoms with Crippen molar-refractivity contribution in [2.75, 3.05) is 26.2 Å². The summed E-state index contributed by atoms with van der Waals surface area (Å²) >= 11 is 0. The Morgan fingerprint density at radius 2 is 2.19 bits per heavy atom. The third kappa shape index (κ3) is 4.02. The normalized spacial score (nSPS) is 19.9. The predicted octanol–water partition coefficient (Wildman–Crippen LogP) is 1.41. The fourth-order valence-electron chi connectivity index (χ4n) is 3.03. The van der Waals surface area contributed by atoms with Crippen LogP contribution in [-0.4, -0.2) is 52.9 Å². The zero-order valence-corrected chi connectivity index (χ0v) is 13.0. The molecular weight excluding hydrogens is 264 g/mol. The number of hydrogen-bond donors (Lipinski definition) is 1. The lowest BCUT2D eigenvalue weighted by molar-refractivity contribution is -0.128. The number of nitrogens with two attached hydrogens (primary N) is 1. The van der Waals surface area contributed by atoms with Gasteiger partial charge in [0, 0.05) is 51.5 Å². The first-order valence-electron chi connectivity index (χ1n) is 7.78. The number of pyridine rings is 1. The van der Waals surface area contributed by atoms with Gasteiger partial charge in [0.15, 0.2) is 0 Å². The molecule has 0 radical (unpaired) electrons. The molecule has 2 N–H and O–H groups in total. The van der Waals surface area contributed by atoms with Crippen molar-refractivity contribution in [3.8, 4) is 0 Å². The van der Waals surface area contributed by atoms with E-state index in [-0.39, 0.29) is 18.0 Å². The van der Waals surface area contributed by atoms with Crippen molar-refractivity contribution in [1.29, 1.82) is 0 Å². The van der Waals surface area contributed by atoms with Gasteiger partial charge in [-0.15, -0.1) is 0 Å². The van der Waals surface area contributed by atoms with E-state index >= 15 is 0 Å². The number of nitrogens with zero attached hydrogens (tertiary/aromatic N) is 3. The summed E-state index contributed by atoms with van der Waals surface area (Å²) in [4.78, 5) is 20.1. The van der Waals surface area contributed by atoms with Gasteiger partial charge in [0.05, 0.1) is 6.04 Å². The molecule has 2 atom stereocenters. The Hall–Kier alpha value is -1.46. The highest BCUT2D eigenvalue weighted by atomic mass is 16.2. The van der Waals surface area contributed by atoms with Gasteiger partial charge in [-0.25, -0.2) is 0 Å². The van der Waals surface area contributed by atoms with Crippen LogP contribution in [0.4, 0.5) is 0 Å². The maximum absolute atomic E-state index is 11.6. The minimum atomic E-state index is 0.0816. The lowest BCUT2D eigenvalue weighted by Crippen LogP contribution is -2.43. The summed E-state index contributed by atoms with van der Waals surface area (Å²) in [6.07, 6.45) is 5.62. The zero-order chi connectivity index (χ0) is 15.2. The first kappa shape index (κ1) is 15.9.